The van der Waals surface area contributed by atoms with Crippen molar-refractivity contribution in [3.8, 4) is 0 Å². The zero-order valence-corrected chi connectivity index (χ0v) is 11.1. The Morgan fingerprint density at radius 2 is 2.15 bits per heavy atom. The fourth-order valence-electron chi connectivity index (χ4n) is 1.96. The molecule has 0 aliphatic heterocycles. The summed E-state index contributed by atoms with van der Waals surface area (Å²) in [6, 6.07) is 6.00. The molecule has 6 heteroatoms. The largest absolute Gasteiger partial charge is 0.378 e. The molecule has 0 bridgehead atoms. The molecule has 0 spiro atoms. The van der Waals surface area contributed by atoms with E-state index < -0.39 is 10.7 Å². The van der Waals surface area contributed by atoms with E-state index in [9.17, 15) is 14.5 Å². The van der Waals surface area contributed by atoms with Gasteiger partial charge in [0, 0.05) is 23.5 Å². The molecule has 1 unspecified atom stereocenters. The monoisotopic (exact) mass is 275 g/mol. The van der Waals surface area contributed by atoms with Crippen LogP contribution in [-0.4, -0.2) is 9.91 Å². The molecule has 0 saturated carbocycles. The zero-order chi connectivity index (χ0) is 14.7. The van der Waals surface area contributed by atoms with E-state index in [-0.39, 0.29) is 11.7 Å². The number of nitrogens with zero attached hydrogens (tertiary/aromatic N) is 2. The van der Waals surface area contributed by atoms with Crippen LogP contribution in [0.5, 0.6) is 0 Å². The lowest BCUT2D eigenvalue weighted by molar-refractivity contribution is -0.385. The van der Waals surface area contributed by atoms with E-state index in [0.29, 0.717) is 16.8 Å². The Balaban J connectivity index is 2.26. The number of hydrogen-bond donors (Lipinski definition) is 1. The van der Waals surface area contributed by atoms with Gasteiger partial charge in [-0.3, -0.25) is 15.1 Å². The fourth-order valence-corrected chi connectivity index (χ4v) is 1.96. The molecule has 2 aromatic rings. The average Bonchev–Trinajstić information content (AvgIpc) is 2.40. The van der Waals surface area contributed by atoms with Crippen molar-refractivity contribution >= 4 is 11.4 Å². The number of aromatic nitrogens is 1. The molecular formula is C14H14FN3O2. The van der Waals surface area contributed by atoms with Crippen LogP contribution in [-0.2, 0) is 0 Å². The molecule has 104 valence electrons. The van der Waals surface area contributed by atoms with Crippen LogP contribution in [0.15, 0.2) is 36.7 Å². The number of rotatable bonds is 4. The average molecular weight is 275 g/mol. The first-order valence-electron chi connectivity index (χ1n) is 6.10. The number of nitro benzene ring substituents is 1. The highest BCUT2D eigenvalue weighted by Gasteiger charge is 2.15. The molecule has 0 amide bonds. The summed E-state index contributed by atoms with van der Waals surface area (Å²) in [5.41, 5.74) is 1.93. The van der Waals surface area contributed by atoms with E-state index in [1.54, 1.807) is 25.3 Å². The van der Waals surface area contributed by atoms with E-state index >= 15 is 0 Å². The molecule has 2 rings (SSSR count). The third-order valence-corrected chi connectivity index (χ3v) is 3.10. The molecule has 1 heterocycles. The van der Waals surface area contributed by atoms with E-state index in [1.807, 2.05) is 6.92 Å². The molecule has 0 aliphatic carbocycles. The van der Waals surface area contributed by atoms with Gasteiger partial charge in [-0.25, -0.2) is 4.39 Å². The van der Waals surface area contributed by atoms with Gasteiger partial charge in [-0.15, -0.1) is 0 Å². The first-order chi connectivity index (χ1) is 9.49. The Kier molecular flexibility index (Phi) is 3.93. The number of nitrogens with one attached hydrogen (secondary N) is 1. The first-order valence-corrected chi connectivity index (χ1v) is 6.10. The number of benzene rings is 1. The first kappa shape index (κ1) is 13.9. The molecule has 5 nitrogen and oxygen atoms in total. The summed E-state index contributed by atoms with van der Waals surface area (Å²) in [4.78, 5) is 14.3. The summed E-state index contributed by atoms with van der Waals surface area (Å²) in [6.07, 6.45) is 2.70. The summed E-state index contributed by atoms with van der Waals surface area (Å²) in [5.74, 6) is -0.410. The van der Waals surface area contributed by atoms with Crippen LogP contribution in [0, 0.1) is 22.9 Å². The minimum absolute atomic E-state index is 0.0552. The van der Waals surface area contributed by atoms with E-state index in [0.717, 1.165) is 6.20 Å². The maximum absolute atomic E-state index is 13.1. The van der Waals surface area contributed by atoms with Crippen LogP contribution in [0.1, 0.15) is 24.1 Å². The molecule has 1 aromatic carbocycles. The summed E-state index contributed by atoms with van der Waals surface area (Å²) in [5, 5.41) is 14.0. The number of hydrogen-bond acceptors (Lipinski definition) is 4. The molecular weight excluding hydrogens is 261 g/mol. The molecule has 0 fully saturated rings. The van der Waals surface area contributed by atoms with Crippen LogP contribution in [0.2, 0.25) is 0 Å². The molecule has 0 aliphatic rings. The van der Waals surface area contributed by atoms with Gasteiger partial charge in [0.25, 0.3) is 5.69 Å². The van der Waals surface area contributed by atoms with Crippen LogP contribution >= 0.6 is 0 Å². The van der Waals surface area contributed by atoms with Gasteiger partial charge in [-0.05, 0) is 31.5 Å². The van der Waals surface area contributed by atoms with Crippen LogP contribution in [0.4, 0.5) is 15.8 Å². The normalized spacial score (nSPS) is 11.9. The second kappa shape index (κ2) is 5.64. The van der Waals surface area contributed by atoms with Crippen LogP contribution < -0.4 is 5.32 Å². The van der Waals surface area contributed by atoms with Gasteiger partial charge in [0.2, 0.25) is 0 Å². The second-order valence-corrected chi connectivity index (χ2v) is 4.51. The van der Waals surface area contributed by atoms with Crippen molar-refractivity contribution in [1.82, 2.24) is 4.98 Å². The number of halogens is 1. The van der Waals surface area contributed by atoms with Gasteiger partial charge in [-0.2, -0.15) is 0 Å². The molecule has 0 radical (unpaired) electrons. The molecule has 1 aromatic heterocycles. The van der Waals surface area contributed by atoms with Crippen molar-refractivity contribution in [1.29, 1.82) is 0 Å². The van der Waals surface area contributed by atoms with Crippen molar-refractivity contribution < 1.29 is 9.31 Å². The van der Waals surface area contributed by atoms with Gasteiger partial charge in [0.15, 0.2) is 0 Å². The predicted octanol–water partition coefficient (Wildman–Crippen LogP) is 3.61. The Morgan fingerprint density at radius 3 is 2.80 bits per heavy atom. The van der Waals surface area contributed by atoms with Crippen molar-refractivity contribution in [2.75, 3.05) is 5.32 Å². The third kappa shape index (κ3) is 2.90. The summed E-state index contributed by atoms with van der Waals surface area (Å²) >= 11 is 0. The Hall–Kier alpha value is -2.50. The van der Waals surface area contributed by atoms with E-state index in [1.165, 1.54) is 12.1 Å². The molecule has 20 heavy (non-hydrogen) atoms. The highest BCUT2D eigenvalue weighted by Crippen LogP contribution is 2.28. The van der Waals surface area contributed by atoms with E-state index in [2.05, 4.69) is 10.3 Å². The summed E-state index contributed by atoms with van der Waals surface area (Å²) in [6.45, 7) is 3.52. The van der Waals surface area contributed by atoms with Gasteiger partial charge in [-0.1, -0.05) is 6.07 Å². The number of pyridine rings is 1. The van der Waals surface area contributed by atoms with E-state index in [4.69, 9.17) is 0 Å². The maximum Gasteiger partial charge on any atom is 0.274 e. The van der Waals surface area contributed by atoms with Crippen LogP contribution in [0.3, 0.4) is 0 Å². The standard InChI is InChI=1S/C14H14FN3O2/c1-9-13(4-3-5-14(9)18(19)20)17-10(2)11-6-12(15)8-16-7-11/h3-8,10,17H,1-2H3. The lowest BCUT2D eigenvalue weighted by Gasteiger charge is -2.17. The predicted molar refractivity (Wildman–Crippen MR) is 74.1 cm³/mol. The van der Waals surface area contributed by atoms with Crippen molar-refractivity contribution in [3.05, 3.63) is 63.7 Å². The highest BCUT2D eigenvalue weighted by atomic mass is 19.1. The topological polar surface area (TPSA) is 68.1 Å². The summed E-state index contributed by atoms with van der Waals surface area (Å²) < 4.78 is 13.1. The van der Waals surface area contributed by atoms with Gasteiger partial charge >= 0.3 is 0 Å². The molecule has 0 saturated heterocycles. The minimum atomic E-state index is -0.422. The zero-order valence-electron chi connectivity index (χ0n) is 11.1. The number of anilines is 1. The van der Waals surface area contributed by atoms with Crippen molar-refractivity contribution in [2.24, 2.45) is 0 Å². The SMILES string of the molecule is Cc1c(NC(C)c2cncc(F)c2)cccc1[N+](=O)[O-]. The van der Waals surface area contributed by atoms with Crippen molar-refractivity contribution in [2.45, 2.75) is 19.9 Å². The Labute approximate surface area is 115 Å². The Bertz CT molecular complexity index is 646. The van der Waals surface area contributed by atoms with Gasteiger partial charge < -0.3 is 5.32 Å². The van der Waals surface area contributed by atoms with Gasteiger partial charge in [0.05, 0.1) is 17.2 Å². The van der Waals surface area contributed by atoms with Crippen LogP contribution in [0.25, 0.3) is 0 Å². The maximum atomic E-state index is 13.1. The number of nitro groups is 1. The fraction of sp³-hybridized carbons (Fsp3) is 0.214. The third-order valence-electron chi connectivity index (χ3n) is 3.10. The molecule has 1 atom stereocenters. The summed E-state index contributed by atoms with van der Waals surface area (Å²) in [7, 11) is 0. The van der Waals surface area contributed by atoms with Crippen molar-refractivity contribution in [3.63, 3.8) is 0 Å². The smallest absolute Gasteiger partial charge is 0.274 e. The lowest BCUT2D eigenvalue weighted by Crippen LogP contribution is -2.09. The quantitative estimate of drug-likeness (QED) is 0.683. The van der Waals surface area contributed by atoms with Gasteiger partial charge in [0.1, 0.15) is 5.82 Å². The highest BCUT2D eigenvalue weighted by molar-refractivity contribution is 5.60. The molecule has 1 N–H and O–H groups in total. The lowest BCUT2D eigenvalue weighted by atomic mass is 10.1. The minimum Gasteiger partial charge on any atom is -0.378 e. The second-order valence-electron chi connectivity index (χ2n) is 4.51. The Morgan fingerprint density at radius 1 is 1.40 bits per heavy atom.